The molecule has 1 aliphatic rings. The van der Waals surface area contributed by atoms with Crippen LogP contribution in [0.15, 0.2) is 48.8 Å². The molecule has 1 aromatic carbocycles. The maximum atomic E-state index is 12.4. The van der Waals surface area contributed by atoms with E-state index in [2.05, 4.69) is 27.3 Å². The number of nitrogens with one attached hydrogen (secondary N) is 1. The lowest BCUT2D eigenvalue weighted by molar-refractivity contribution is -0.125. The Morgan fingerprint density at radius 3 is 2.69 bits per heavy atom. The Labute approximate surface area is 157 Å². The van der Waals surface area contributed by atoms with Crippen LogP contribution in [0.2, 0.25) is 0 Å². The van der Waals surface area contributed by atoms with Crippen molar-refractivity contribution in [3.05, 3.63) is 54.4 Å². The number of amides is 1. The number of hydrogen-bond donors (Lipinski definition) is 1. The Hall–Kier alpha value is -2.47. The summed E-state index contributed by atoms with van der Waals surface area (Å²) < 4.78 is 1.22. The lowest BCUT2D eigenvalue weighted by atomic mass is 9.96. The Morgan fingerprint density at radius 1 is 1.15 bits per heavy atom. The second-order valence-electron chi connectivity index (χ2n) is 6.62. The van der Waals surface area contributed by atoms with Crippen LogP contribution in [0.5, 0.6) is 0 Å². The number of thiazole rings is 1. The van der Waals surface area contributed by atoms with Crippen molar-refractivity contribution in [2.75, 3.05) is 24.5 Å². The summed E-state index contributed by atoms with van der Waals surface area (Å²) in [6.07, 6.45) is 6.19. The highest BCUT2D eigenvalue weighted by atomic mass is 32.1. The summed E-state index contributed by atoms with van der Waals surface area (Å²) in [7, 11) is 0. The molecule has 6 heteroatoms. The van der Waals surface area contributed by atoms with Crippen molar-refractivity contribution >= 4 is 32.6 Å². The molecule has 0 unspecified atom stereocenters. The molecule has 1 amide bonds. The minimum atomic E-state index is 0.109. The molecular formula is C20H22N4OS. The smallest absolute Gasteiger partial charge is 0.223 e. The number of anilines is 1. The molecule has 1 aliphatic heterocycles. The predicted octanol–water partition coefficient (Wildman–Crippen LogP) is 3.27. The van der Waals surface area contributed by atoms with E-state index < -0.39 is 0 Å². The van der Waals surface area contributed by atoms with Gasteiger partial charge in [-0.2, -0.15) is 0 Å². The van der Waals surface area contributed by atoms with Crippen LogP contribution in [0.3, 0.4) is 0 Å². The van der Waals surface area contributed by atoms with Crippen LogP contribution in [0.1, 0.15) is 18.4 Å². The first-order chi connectivity index (χ1) is 12.8. The topological polar surface area (TPSA) is 58.1 Å². The summed E-state index contributed by atoms with van der Waals surface area (Å²) in [5, 5.41) is 4.16. The first kappa shape index (κ1) is 17.0. The molecule has 0 aliphatic carbocycles. The van der Waals surface area contributed by atoms with Crippen molar-refractivity contribution in [2.24, 2.45) is 5.92 Å². The van der Waals surface area contributed by atoms with E-state index in [4.69, 9.17) is 4.98 Å². The fourth-order valence-electron chi connectivity index (χ4n) is 3.35. The largest absolute Gasteiger partial charge is 0.356 e. The Bertz CT molecular complexity index is 839. The van der Waals surface area contributed by atoms with Crippen LogP contribution < -0.4 is 10.2 Å². The number of carbonyl (C=O) groups is 1. The van der Waals surface area contributed by atoms with E-state index in [1.165, 1.54) is 10.3 Å². The number of fused-ring (bicyclic) bond motifs is 1. The van der Waals surface area contributed by atoms with Crippen LogP contribution >= 0.6 is 11.3 Å². The van der Waals surface area contributed by atoms with Crippen molar-refractivity contribution in [2.45, 2.75) is 19.3 Å². The minimum Gasteiger partial charge on any atom is -0.356 e. The fraction of sp³-hybridized carbons (Fsp3) is 0.350. The van der Waals surface area contributed by atoms with Crippen LogP contribution in [-0.4, -0.2) is 35.5 Å². The molecule has 0 atom stereocenters. The number of pyridine rings is 1. The van der Waals surface area contributed by atoms with Crippen molar-refractivity contribution in [1.82, 2.24) is 15.3 Å². The maximum Gasteiger partial charge on any atom is 0.223 e. The van der Waals surface area contributed by atoms with Gasteiger partial charge in [0.1, 0.15) is 0 Å². The van der Waals surface area contributed by atoms with Crippen LogP contribution in [0.25, 0.3) is 10.2 Å². The minimum absolute atomic E-state index is 0.109. The van der Waals surface area contributed by atoms with Crippen molar-refractivity contribution in [3.63, 3.8) is 0 Å². The number of benzene rings is 1. The molecule has 1 saturated heterocycles. The van der Waals surface area contributed by atoms with Gasteiger partial charge in [-0.1, -0.05) is 23.5 Å². The molecule has 3 aromatic rings. The molecule has 0 spiro atoms. The van der Waals surface area contributed by atoms with E-state index in [0.717, 1.165) is 43.0 Å². The SMILES string of the molecule is O=C(NCCc1ccncc1)C1CCN(c2nc3ccccc3s2)CC1. The van der Waals surface area contributed by atoms with E-state index in [-0.39, 0.29) is 11.8 Å². The average Bonchev–Trinajstić information content (AvgIpc) is 3.13. The highest BCUT2D eigenvalue weighted by molar-refractivity contribution is 7.22. The molecule has 0 saturated carbocycles. The van der Waals surface area contributed by atoms with Crippen LogP contribution in [0.4, 0.5) is 5.13 Å². The van der Waals surface area contributed by atoms with E-state index >= 15 is 0 Å². The molecule has 26 heavy (non-hydrogen) atoms. The van der Waals surface area contributed by atoms with Crippen molar-refractivity contribution in [1.29, 1.82) is 0 Å². The van der Waals surface area contributed by atoms with E-state index in [1.807, 2.05) is 24.3 Å². The number of nitrogens with zero attached hydrogens (tertiary/aromatic N) is 3. The quantitative estimate of drug-likeness (QED) is 0.753. The molecule has 134 valence electrons. The maximum absolute atomic E-state index is 12.4. The zero-order valence-corrected chi connectivity index (χ0v) is 15.4. The summed E-state index contributed by atoms with van der Waals surface area (Å²) in [5.41, 5.74) is 2.26. The van der Waals surface area contributed by atoms with Gasteiger partial charge in [-0.15, -0.1) is 0 Å². The number of piperidine rings is 1. The van der Waals surface area contributed by atoms with Gasteiger partial charge in [0.15, 0.2) is 5.13 Å². The van der Waals surface area contributed by atoms with Crippen LogP contribution in [-0.2, 0) is 11.2 Å². The van der Waals surface area contributed by atoms with Gasteiger partial charge in [0.05, 0.1) is 10.2 Å². The van der Waals surface area contributed by atoms with E-state index in [0.29, 0.717) is 6.54 Å². The molecule has 0 radical (unpaired) electrons. The molecule has 0 bridgehead atoms. The normalized spacial score (nSPS) is 15.3. The van der Waals surface area contributed by atoms with Gasteiger partial charge >= 0.3 is 0 Å². The second-order valence-corrected chi connectivity index (χ2v) is 7.63. The zero-order valence-electron chi connectivity index (χ0n) is 14.6. The second kappa shape index (κ2) is 7.83. The van der Waals surface area contributed by atoms with Crippen molar-refractivity contribution in [3.8, 4) is 0 Å². The standard InChI is InChI=1S/C20H22N4OS/c25-19(22-12-7-15-5-10-21-11-6-15)16-8-13-24(14-9-16)20-23-17-3-1-2-4-18(17)26-20/h1-6,10-11,16H,7-9,12-14H2,(H,22,25). The van der Waals surface area contributed by atoms with Gasteiger partial charge in [-0.25, -0.2) is 4.98 Å². The Kier molecular flexibility index (Phi) is 5.11. The van der Waals surface area contributed by atoms with Gasteiger partial charge in [0.25, 0.3) is 0 Å². The lowest BCUT2D eigenvalue weighted by Crippen LogP contribution is -2.41. The number of aromatic nitrogens is 2. The summed E-state index contributed by atoms with van der Waals surface area (Å²) >= 11 is 1.73. The summed E-state index contributed by atoms with van der Waals surface area (Å²) in [6.45, 7) is 2.46. The number of carbonyl (C=O) groups excluding carboxylic acids is 1. The van der Waals surface area contributed by atoms with Gasteiger partial charge in [0, 0.05) is 37.9 Å². The van der Waals surface area contributed by atoms with Gasteiger partial charge in [-0.05, 0) is 49.1 Å². The average molecular weight is 366 g/mol. The zero-order chi connectivity index (χ0) is 17.8. The molecule has 5 nitrogen and oxygen atoms in total. The number of hydrogen-bond acceptors (Lipinski definition) is 5. The first-order valence-electron chi connectivity index (χ1n) is 9.07. The van der Waals surface area contributed by atoms with E-state index in [9.17, 15) is 4.79 Å². The summed E-state index contributed by atoms with van der Waals surface area (Å²) in [6, 6.07) is 12.2. The summed E-state index contributed by atoms with van der Waals surface area (Å²) in [5.74, 6) is 0.293. The fourth-order valence-corrected chi connectivity index (χ4v) is 4.37. The molecule has 1 fully saturated rings. The first-order valence-corrected chi connectivity index (χ1v) is 9.88. The Morgan fingerprint density at radius 2 is 1.92 bits per heavy atom. The summed E-state index contributed by atoms with van der Waals surface area (Å²) in [4.78, 5) is 23.5. The third-order valence-electron chi connectivity index (χ3n) is 4.88. The number of para-hydroxylation sites is 1. The lowest BCUT2D eigenvalue weighted by Gasteiger charge is -2.31. The highest BCUT2D eigenvalue weighted by Crippen LogP contribution is 2.31. The van der Waals surface area contributed by atoms with Crippen LogP contribution in [0, 0.1) is 5.92 Å². The van der Waals surface area contributed by atoms with Gasteiger partial charge in [-0.3, -0.25) is 9.78 Å². The molecule has 3 heterocycles. The molecular weight excluding hydrogens is 344 g/mol. The highest BCUT2D eigenvalue weighted by Gasteiger charge is 2.26. The third-order valence-corrected chi connectivity index (χ3v) is 5.98. The van der Waals surface area contributed by atoms with Crippen molar-refractivity contribution < 1.29 is 4.79 Å². The monoisotopic (exact) mass is 366 g/mol. The molecule has 4 rings (SSSR count). The molecule has 1 N–H and O–H groups in total. The van der Waals surface area contributed by atoms with Gasteiger partial charge < -0.3 is 10.2 Å². The third kappa shape index (κ3) is 3.85. The van der Waals surface area contributed by atoms with E-state index in [1.54, 1.807) is 23.7 Å². The number of rotatable bonds is 5. The van der Waals surface area contributed by atoms with Gasteiger partial charge in [0.2, 0.25) is 5.91 Å². The molecule has 2 aromatic heterocycles. The predicted molar refractivity (Wildman–Crippen MR) is 106 cm³/mol. The Balaban J connectivity index is 1.27.